The van der Waals surface area contributed by atoms with Crippen LogP contribution in [0, 0.1) is 0 Å². The number of rotatable bonds is 6. The Morgan fingerprint density at radius 3 is 1.79 bits per heavy atom. The summed E-state index contributed by atoms with van der Waals surface area (Å²) in [5, 5.41) is 2.55. The highest BCUT2D eigenvalue weighted by Gasteiger charge is 2.28. The summed E-state index contributed by atoms with van der Waals surface area (Å²) >= 11 is 0. The average Bonchev–Trinajstić information content (AvgIpc) is 2.74. The van der Waals surface area contributed by atoms with Crippen molar-refractivity contribution in [2.45, 2.75) is 6.04 Å². The second-order valence-electron chi connectivity index (χ2n) is 6.62. The molecule has 0 bridgehead atoms. The molecule has 1 heterocycles. The summed E-state index contributed by atoms with van der Waals surface area (Å²) in [4.78, 5) is 27.7. The van der Waals surface area contributed by atoms with E-state index in [1.54, 1.807) is 4.90 Å². The molecule has 2 amide bonds. The molecule has 0 aromatic heterocycles. The molecule has 6 nitrogen and oxygen atoms in total. The molecule has 2 aromatic carbocycles. The van der Waals surface area contributed by atoms with Gasteiger partial charge in [0.25, 0.3) is 0 Å². The number of nitrogens with one attached hydrogen (secondary N) is 1. The molecule has 1 saturated heterocycles. The largest absolute Gasteiger partial charge is 0.346 e. The van der Waals surface area contributed by atoms with E-state index in [4.69, 9.17) is 5.73 Å². The SMILES string of the molecule is Cl.Cl.NCC(=O)NCC(=O)N1CCN(C(c2ccccc2)c2ccccc2)CC1. The molecular formula is C21H28Cl2N4O2. The molecule has 1 aliphatic rings. The predicted octanol–water partition coefficient (Wildman–Crippen LogP) is 1.84. The Bertz CT molecular complexity index is 714. The van der Waals surface area contributed by atoms with E-state index in [1.165, 1.54) is 11.1 Å². The van der Waals surface area contributed by atoms with Crippen molar-refractivity contribution in [3.05, 3.63) is 71.8 Å². The van der Waals surface area contributed by atoms with Crippen LogP contribution in [0.5, 0.6) is 0 Å². The van der Waals surface area contributed by atoms with Gasteiger partial charge in [0.15, 0.2) is 0 Å². The van der Waals surface area contributed by atoms with Gasteiger partial charge in [0.2, 0.25) is 11.8 Å². The van der Waals surface area contributed by atoms with E-state index < -0.39 is 0 Å². The lowest BCUT2D eigenvalue weighted by atomic mass is 9.96. The van der Waals surface area contributed by atoms with E-state index in [1.807, 2.05) is 12.1 Å². The number of benzene rings is 2. The molecule has 0 spiro atoms. The summed E-state index contributed by atoms with van der Waals surface area (Å²) in [5.41, 5.74) is 7.75. The van der Waals surface area contributed by atoms with Crippen LogP contribution in [-0.4, -0.2) is 60.9 Å². The van der Waals surface area contributed by atoms with Crippen LogP contribution in [0.3, 0.4) is 0 Å². The van der Waals surface area contributed by atoms with Crippen LogP contribution < -0.4 is 11.1 Å². The van der Waals surface area contributed by atoms with Crippen LogP contribution in [0.25, 0.3) is 0 Å². The molecule has 2 aromatic rings. The summed E-state index contributed by atoms with van der Waals surface area (Å²) in [5.74, 6) is -0.373. The zero-order valence-electron chi connectivity index (χ0n) is 16.2. The average molecular weight is 439 g/mol. The number of carbonyl (C=O) groups is 2. The van der Waals surface area contributed by atoms with Crippen molar-refractivity contribution >= 4 is 36.6 Å². The first kappa shape index (κ1) is 24.9. The number of piperazine rings is 1. The van der Waals surface area contributed by atoms with Crippen molar-refractivity contribution in [2.24, 2.45) is 5.73 Å². The van der Waals surface area contributed by atoms with Crippen LogP contribution in [0.4, 0.5) is 0 Å². The summed E-state index contributed by atoms with van der Waals surface area (Å²) in [7, 11) is 0. The second kappa shape index (κ2) is 12.4. The van der Waals surface area contributed by atoms with Gasteiger partial charge in [-0.05, 0) is 11.1 Å². The predicted molar refractivity (Wildman–Crippen MR) is 119 cm³/mol. The molecule has 3 rings (SSSR count). The van der Waals surface area contributed by atoms with Crippen LogP contribution in [-0.2, 0) is 9.59 Å². The Kier molecular flexibility index (Phi) is 10.7. The minimum absolute atomic E-state index is 0. The monoisotopic (exact) mass is 438 g/mol. The fourth-order valence-electron chi connectivity index (χ4n) is 3.47. The van der Waals surface area contributed by atoms with Gasteiger partial charge in [-0.2, -0.15) is 0 Å². The molecule has 3 N–H and O–H groups in total. The highest BCUT2D eigenvalue weighted by Crippen LogP contribution is 2.29. The van der Waals surface area contributed by atoms with Gasteiger partial charge in [-0.1, -0.05) is 60.7 Å². The highest BCUT2D eigenvalue weighted by molar-refractivity contribution is 5.86. The van der Waals surface area contributed by atoms with Crippen molar-refractivity contribution in [3.8, 4) is 0 Å². The second-order valence-corrected chi connectivity index (χ2v) is 6.62. The number of halogens is 2. The fourth-order valence-corrected chi connectivity index (χ4v) is 3.47. The summed E-state index contributed by atoms with van der Waals surface area (Å²) in [6.45, 7) is 2.77. The lowest BCUT2D eigenvalue weighted by molar-refractivity contribution is -0.134. The van der Waals surface area contributed by atoms with Gasteiger partial charge >= 0.3 is 0 Å². The van der Waals surface area contributed by atoms with Crippen molar-refractivity contribution < 1.29 is 9.59 Å². The number of amides is 2. The first-order valence-electron chi connectivity index (χ1n) is 9.27. The number of carbonyl (C=O) groups excluding carboxylic acids is 2. The Hall–Kier alpha value is -2.12. The summed E-state index contributed by atoms with van der Waals surface area (Å²) in [6, 6.07) is 21.1. The summed E-state index contributed by atoms with van der Waals surface area (Å²) < 4.78 is 0. The molecule has 0 aliphatic carbocycles. The lowest BCUT2D eigenvalue weighted by Crippen LogP contribution is -2.52. The maximum atomic E-state index is 12.3. The van der Waals surface area contributed by atoms with Gasteiger partial charge in [-0.25, -0.2) is 0 Å². The van der Waals surface area contributed by atoms with Gasteiger partial charge in [-0.3, -0.25) is 14.5 Å². The molecule has 0 radical (unpaired) electrons. The van der Waals surface area contributed by atoms with Crippen LogP contribution in [0.1, 0.15) is 17.2 Å². The molecule has 29 heavy (non-hydrogen) atoms. The van der Waals surface area contributed by atoms with Crippen LogP contribution in [0.2, 0.25) is 0 Å². The summed E-state index contributed by atoms with van der Waals surface area (Å²) in [6.07, 6.45) is 0. The maximum Gasteiger partial charge on any atom is 0.242 e. The lowest BCUT2D eigenvalue weighted by Gasteiger charge is -2.39. The highest BCUT2D eigenvalue weighted by atomic mass is 35.5. The number of nitrogens with two attached hydrogens (primary N) is 1. The van der Waals surface area contributed by atoms with Gasteiger partial charge in [0.1, 0.15) is 0 Å². The standard InChI is InChI=1S/C21H26N4O2.2ClH/c22-15-19(26)23-16-20(27)24-11-13-25(14-12-24)21(17-7-3-1-4-8-17)18-9-5-2-6-10-18;;/h1-10,21H,11-16,22H2,(H,23,26);2*1H. The van der Waals surface area contributed by atoms with Gasteiger partial charge in [0, 0.05) is 26.2 Å². The van der Waals surface area contributed by atoms with Crippen LogP contribution in [0.15, 0.2) is 60.7 Å². The zero-order valence-corrected chi connectivity index (χ0v) is 17.8. The van der Waals surface area contributed by atoms with Gasteiger partial charge in [-0.15, -0.1) is 24.8 Å². The molecule has 0 saturated carbocycles. The van der Waals surface area contributed by atoms with E-state index in [0.29, 0.717) is 13.1 Å². The van der Waals surface area contributed by atoms with Gasteiger partial charge in [0.05, 0.1) is 19.1 Å². The molecule has 0 atom stereocenters. The van der Waals surface area contributed by atoms with E-state index in [2.05, 4.69) is 58.7 Å². The third-order valence-corrected chi connectivity index (χ3v) is 4.88. The van der Waals surface area contributed by atoms with E-state index >= 15 is 0 Å². The van der Waals surface area contributed by atoms with E-state index in [9.17, 15) is 9.59 Å². The Morgan fingerprint density at radius 2 is 1.34 bits per heavy atom. The third-order valence-electron chi connectivity index (χ3n) is 4.88. The molecule has 158 valence electrons. The first-order chi connectivity index (χ1) is 13.2. The number of nitrogens with zero attached hydrogens (tertiary/aromatic N) is 2. The minimum atomic E-state index is -0.310. The quantitative estimate of drug-likeness (QED) is 0.720. The van der Waals surface area contributed by atoms with Crippen molar-refractivity contribution in [3.63, 3.8) is 0 Å². The minimum Gasteiger partial charge on any atom is -0.346 e. The first-order valence-corrected chi connectivity index (χ1v) is 9.27. The molecule has 0 unspecified atom stereocenters. The van der Waals surface area contributed by atoms with Crippen molar-refractivity contribution in [1.82, 2.24) is 15.1 Å². The smallest absolute Gasteiger partial charge is 0.242 e. The Balaban J connectivity index is 0.00000210. The van der Waals surface area contributed by atoms with E-state index in [-0.39, 0.29) is 55.8 Å². The normalized spacial score (nSPS) is 13.9. The molecule has 8 heteroatoms. The fraction of sp³-hybridized carbons (Fsp3) is 0.333. The molecule has 1 fully saturated rings. The van der Waals surface area contributed by atoms with Crippen molar-refractivity contribution in [2.75, 3.05) is 39.3 Å². The van der Waals surface area contributed by atoms with Crippen LogP contribution >= 0.6 is 24.8 Å². The Labute approximate surface area is 184 Å². The maximum absolute atomic E-state index is 12.3. The number of hydrogen-bond acceptors (Lipinski definition) is 4. The topological polar surface area (TPSA) is 78.7 Å². The van der Waals surface area contributed by atoms with Crippen molar-refractivity contribution in [1.29, 1.82) is 0 Å². The Morgan fingerprint density at radius 1 is 0.862 bits per heavy atom. The third kappa shape index (κ3) is 6.72. The molecular weight excluding hydrogens is 411 g/mol. The zero-order chi connectivity index (χ0) is 19.1. The number of hydrogen-bond donors (Lipinski definition) is 2. The van der Waals surface area contributed by atoms with E-state index in [0.717, 1.165) is 13.1 Å². The van der Waals surface area contributed by atoms with Gasteiger partial charge < -0.3 is 16.0 Å². The molecule has 1 aliphatic heterocycles.